The van der Waals surface area contributed by atoms with Crippen LogP contribution in [0.15, 0.2) is 42.5 Å². The summed E-state index contributed by atoms with van der Waals surface area (Å²) in [6.07, 6.45) is 0. The quantitative estimate of drug-likeness (QED) is 0.919. The lowest BCUT2D eigenvalue weighted by Gasteiger charge is -2.18. The summed E-state index contributed by atoms with van der Waals surface area (Å²) in [5, 5.41) is 3.00. The Labute approximate surface area is 131 Å². The van der Waals surface area contributed by atoms with Crippen molar-refractivity contribution in [2.24, 2.45) is 0 Å². The molecule has 1 atom stereocenters. The number of ether oxygens (including phenoxy) is 2. The molecule has 0 heterocycles. The van der Waals surface area contributed by atoms with Gasteiger partial charge in [0.25, 0.3) is 5.91 Å². The molecule has 0 saturated heterocycles. The second-order valence-electron chi connectivity index (χ2n) is 5.09. The summed E-state index contributed by atoms with van der Waals surface area (Å²) >= 11 is 0. The third-order valence-electron chi connectivity index (χ3n) is 3.65. The van der Waals surface area contributed by atoms with Crippen LogP contribution in [-0.2, 0) is 0 Å². The van der Waals surface area contributed by atoms with Gasteiger partial charge >= 0.3 is 0 Å². The number of aryl methyl sites for hydroxylation is 1. The predicted octanol–water partition coefficient (Wildman–Crippen LogP) is 3.50. The van der Waals surface area contributed by atoms with Gasteiger partial charge in [0.2, 0.25) is 0 Å². The van der Waals surface area contributed by atoms with Crippen molar-refractivity contribution in [3.05, 3.63) is 59.2 Å². The number of carbonyl (C=O) groups excluding carboxylic acids is 1. The Morgan fingerprint density at radius 3 is 2.41 bits per heavy atom. The zero-order chi connectivity index (χ0) is 16.1. The molecule has 2 aromatic rings. The minimum atomic E-state index is -0.188. The summed E-state index contributed by atoms with van der Waals surface area (Å²) in [4.78, 5) is 12.5. The van der Waals surface area contributed by atoms with Crippen LogP contribution in [-0.4, -0.2) is 20.1 Å². The third-order valence-corrected chi connectivity index (χ3v) is 3.65. The molecule has 116 valence electrons. The second kappa shape index (κ2) is 6.98. The van der Waals surface area contributed by atoms with Gasteiger partial charge in [0, 0.05) is 0 Å². The molecule has 4 heteroatoms. The molecular weight excluding hydrogens is 278 g/mol. The number of nitrogens with one attached hydrogen (secondary N) is 1. The molecule has 2 aromatic carbocycles. The second-order valence-corrected chi connectivity index (χ2v) is 5.09. The van der Waals surface area contributed by atoms with E-state index in [0.717, 1.165) is 11.1 Å². The molecule has 1 unspecified atom stereocenters. The zero-order valence-electron chi connectivity index (χ0n) is 13.3. The molecule has 1 amide bonds. The van der Waals surface area contributed by atoms with Crippen molar-refractivity contribution >= 4 is 5.91 Å². The number of rotatable bonds is 5. The van der Waals surface area contributed by atoms with E-state index in [1.807, 2.05) is 38.1 Å². The topological polar surface area (TPSA) is 47.6 Å². The van der Waals surface area contributed by atoms with Gasteiger partial charge in [-0.05, 0) is 37.1 Å². The summed E-state index contributed by atoms with van der Waals surface area (Å²) in [6, 6.07) is 13.2. The van der Waals surface area contributed by atoms with Crippen LogP contribution < -0.4 is 14.8 Å². The maximum atomic E-state index is 12.5. The van der Waals surface area contributed by atoms with E-state index in [-0.39, 0.29) is 11.9 Å². The molecule has 0 saturated carbocycles. The first kappa shape index (κ1) is 15.9. The van der Waals surface area contributed by atoms with Crippen LogP contribution in [0.1, 0.15) is 34.5 Å². The fourth-order valence-electron chi connectivity index (χ4n) is 2.49. The van der Waals surface area contributed by atoms with Crippen molar-refractivity contribution < 1.29 is 14.3 Å². The van der Waals surface area contributed by atoms with E-state index in [9.17, 15) is 4.79 Å². The molecule has 0 aromatic heterocycles. The standard InChI is InChI=1S/C18H21NO3/c1-12-8-5-6-9-14(12)13(2)19-18(20)15-10-7-11-16(21-3)17(15)22-4/h5-11,13H,1-4H3,(H,19,20). The Morgan fingerprint density at radius 1 is 1.05 bits per heavy atom. The van der Waals surface area contributed by atoms with Crippen molar-refractivity contribution in [2.45, 2.75) is 19.9 Å². The average Bonchev–Trinajstić information content (AvgIpc) is 2.54. The molecule has 1 N–H and O–H groups in total. The van der Waals surface area contributed by atoms with Crippen LogP contribution in [0.2, 0.25) is 0 Å². The lowest BCUT2D eigenvalue weighted by molar-refractivity contribution is 0.0936. The fourth-order valence-corrected chi connectivity index (χ4v) is 2.49. The summed E-state index contributed by atoms with van der Waals surface area (Å²) in [5.74, 6) is 0.796. The SMILES string of the molecule is COc1cccc(C(=O)NC(C)c2ccccc2C)c1OC. The van der Waals surface area contributed by atoms with Gasteiger partial charge in [-0.15, -0.1) is 0 Å². The maximum absolute atomic E-state index is 12.5. The van der Waals surface area contributed by atoms with Crippen LogP contribution in [0.3, 0.4) is 0 Å². The largest absolute Gasteiger partial charge is 0.493 e. The minimum Gasteiger partial charge on any atom is -0.493 e. The zero-order valence-corrected chi connectivity index (χ0v) is 13.3. The maximum Gasteiger partial charge on any atom is 0.255 e. The smallest absolute Gasteiger partial charge is 0.255 e. The molecule has 22 heavy (non-hydrogen) atoms. The van der Waals surface area contributed by atoms with Crippen molar-refractivity contribution in [3.63, 3.8) is 0 Å². The molecule has 0 bridgehead atoms. The van der Waals surface area contributed by atoms with E-state index in [4.69, 9.17) is 9.47 Å². The van der Waals surface area contributed by atoms with Gasteiger partial charge in [0.15, 0.2) is 11.5 Å². The lowest BCUT2D eigenvalue weighted by Crippen LogP contribution is -2.27. The summed E-state index contributed by atoms with van der Waals surface area (Å²) < 4.78 is 10.5. The number of para-hydroxylation sites is 1. The van der Waals surface area contributed by atoms with E-state index < -0.39 is 0 Å². The third kappa shape index (κ3) is 3.22. The molecule has 2 rings (SSSR count). The van der Waals surface area contributed by atoms with Gasteiger partial charge in [-0.3, -0.25) is 4.79 Å². The minimum absolute atomic E-state index is 0.0930. The molecule has 0 fully saturated rings. The highest BCUT2D eigenvalue weighted by atomic mass is 16.5. The summed E-state index contributed by atoms with van der Waals surface area (Å²) in [5.41, 5.74) is 2.70. The van der Waals surface area contributed by atoms with E-state index in [0.29, 0.717) is 17.1 Å². The molecule has 0 radical (unpaired) electrons. The lowest BCUT2D eigenvalue weighted by atomic mass is 10.0. The Hall–Kier alpha value is -2.49. The van der Waals surface area contributed by atoms with Gasteiger partial charge in [0.05, 0.1) is 25.8 Å². The number of hydrogen-bond donors (Lipinski definition) is 1. The van der Waals surface area contributed by atoms with Gasteiger partial charge in [-0.1, -0.05) is 30.3 Å². The van der Waals surface area contributed by atoms with Crippen molar-refractivity contribution in [1.82, 2.24) is 5.32 Å². The van der Waals surface area contributed by atoms with Gasteiger partial charge in [0.1, 0.15) is 0 Å². The van der Waals surface area contributed by atoms with Crippen LogP contribution in [0, 0.1) is 6.92 Å². The van der Waals surface area contributed by atoms with E-state index in [2.05, 4.69) is 5.32 Å². The highest BCUT2D eigenvalue weighted by Crippen LogP contribution is 2.31. The number of amides is 1. The average molecular weight is 299 g/mol. The van der Waals surface area contributed by atoms with Crippen LogP contribution in [0.5, 0.6) is 11.5 Å². The number of hydrogen-bond acceptors (Lipinski definition) is 3. The summed E-state index contributed by atoms with van der Waals surface area (Å²) in [6.45, 7) is 4.00. The first-order chi connectivity index (χ1) is 10.6. The van der Waals surface area contributed by atoms with Gasteiger partial charge < -0.3 is 14.8 Å². The predicted molar refractivity (Wildman–Crippen MR) is 86.6 cm³/mol. The van der Waals surface area contributed by atoms with Crippen molar-refractivity contribution in [3.8, 4) is 11.5 Å². The first-order valence-corrected chi connectivity index (χ1v) is 7.15. The highest BCUT2D eigenvalue weighted by Gasteiger charge is 2.18. The molecule has 0 aliphatic rings. The van der Waals surface area contributed by atoms with E-state index >= 15 is 0 Å². The van der Waals surface area contributed by atoms with Crippen LogP contribution in [0.4, 0.5) is 0 Å². The van der Waals surface area contributed by atoms with Crippen molar-refractivity contribution in [2.75, 3.05) is 14.2 Å². The Morgan fingerprint density at radius 2 is 1.77 bits per heavy atom. The van der Waals surface area contributed by atoms with Gasteiger partial charge in [-0.2, -0.15) is 0 Å². The summed E-state index contributed by atoms with van der Waals surface area (Å²) in [7, 11) is 3.08. The Balaban J connectivity index is 2.25. The fraction of sp³-hybridized carbons (Fsp3) is 0.278. The van der Waals surface area contributed by atoms with Crippen molar-refractivity contribution in [1.29, 1.82) is 0 Å². The number of carbonyl (C=O) groups is 1. The van der Waals surface area contributed by atoms with Crippen LogP contribution in [0.25, 0.3) is 0 Å². The number of benzene rings is 2. The molecule has 0 spiro atoms. The monoisotopic (exact) mass is 299 g/mol. The first-order valence-electron chi connectivity index (χ1n) is 7.15. The highest BCUT2D eigenvalue weighted by molar-refractivity contribution is 5.98. The van der Waals surface area contributed by atoms with E-state index in [1.165, 1.54) is 7.11 Å². The molecule has 0 aliphatic heterocycles. The Kier molecular flexibility index (Phi) is 5.04. The normalized spacial score (nSPS) is 11.6. The molecule has 0 aliphatic carbocycles. The Bertz CT molecular complexity index is 667. The molecular formula is C18H21NO3. The van der Waals surface area contributed by atoms with Crippen LogP contribution >= 0.6 is 0 Å². The number of methoxy groups -OCH3 is 2. The van der Waals surface area contributed by atoms with Gasteiger partial charge in [-0.25, -0.2) is 0 Å². The van der Waals surface area contributed by atoms with E-state index in [1.54, 1.807) is 25.3 Å². The molecule has 4 nitrogen and oxygen atoms in total.